The third kappa shape index (κ3) is 73.3. The number of aliphatic hydroxyl groups excluding tert-OH is 1. The number of rotatable bonds is 72. The Kier molecular flexibility index (Phi) is 70.5. The monoisotopic (exact) mass is 1470 g/mol. The van der Waals surface area contributed by atoms with E-state index >= 15 is 0 Å². The molecule has 5 atom stereocenters. The van der Waals surface area contributed by atoms with Crippen LogP contribution < -0.4 is 0 Å². The van der Waals surface area contributed by atoms with Crippen LogP contribution in [0, 0.1) is 0 Å². The first kappa shape index (κ1) is 96.9. The van der Waals surface area contributed by atoms with Crippen molar-refractivity contribution in [1.82, 2.24) is 0 Å². The molecule has 582 valence electrons. The second-order valence-corrected chi connectivity index (χ2v) is 28.4. The summed E-state index contributed by atoms with van der Waals surface area (Å²) < 4.78 is 68.4. The lowest BCUT2D eigenvalue weighted by Gasteiger charge is -2.21. The first-order valence-electron chi connectivity index (χ1n) is 39.1. The van der Waals surface area contributed by atoms with Crippen LogP contribution in [0.3, 0.4) is 0 Å². The first-order valence-corrected chi connectivity index (χ1v) is 42.1. The summed E-state index contributed by atoms with van der Waals surface area (Å²) in [5, 5.41) is 10.6. The first-order chi connectivity index (χ1) is 49.7. The Balaban J connectivity index is 5.38. The third-order valence-corrected chi connectivity index (χ3v) is 17.7. The molecule has 0 radical (unpaired) electrons. The Morgan fingerprint density at radius 1 is 0.284 bits per heavy atom. The molecule has 19 heteroatoms. The van der Waals surface area contributed by atoms with Crippen molar-refractivity contribution >= 4 is 39.5 Å². The van der Waals surface area contributed by atoms with Crippen molar-refractivity contribution in [1.29, 1.82) is 0 Å². The van der Waals surface area contributed by atoms with Gasteiger partial charge in [0, 0.05) is 25.7 Å². The molecule has 0 spiro atoms. The molecule has 17 nitrogen and oxygen atoms in total. The lowest BCUT2D eigenvalue weighted by Crippen LogP contribution is -2.30. The molecule has 0 aromatic heterocycles. The highest BCUT2D eigenvalue weighted by atomic mass is 31.2. The summed E-state index contributed by atoms with van der Waals surface area (Å²) in [4.78, 5) is 72.9. The molecule has 0 aliphatic heterocycles. The van der Waals surface area contributed by atoms with Crippen molar-refractivity contribution in [2.75, 3.05) is 39.6 Å². The smallest absolute Gasteiger partial charge is 0.462 e. The second kappa shape index (κ2) is 74.2. The zero-order valence-electron chi connectivity index (χ0n) is 63.5. The summed E-state index contributed by atoms with van der Waals surface area (Å²) in [5.41, 5.74) is 0. The van der Waals surface area contributed by atoms with E-state index in [0.29, 0.717) is 32.1 Å². The quantitative estimate of drug-likeness (QED) is 0.0169. The highest BCUT2D eigenvalue weighted by Crippen LogP contribution is 2.45. The molecule has 0 aromatic carbocycles. The van der Waals surface area contributed by atoms with E-state index < -0.39 is 97.5 Å². The number of aliphatic hydroxyl groups is 1. The zero-order valence-corrected chi connectivity index (χ0v) is 65.3. The van der Waals surface area contributed by atoms with E-state index in [4.69, 9.17) is 37.0 Å². The van der Waals surface area contributed by atoms with Gasteiger partial charge >= 0.3 is 39.5 Å². The van der Waals surface area contributed by atoms with Crippen molar-refractivity contribution in [3.05, 3.63) is 146 Å². The van der Waals surface area contributed by atoms with Crippen LogP contribution in [0.1, 0.15) is 297 Å². The summed E-state index contributed by atoms with van der Waals surface area (Å²) in [6.45, 7) is 4.45. The molecular formula is C83H138O17P2. The fourth-order valence-corrected chi connectivity index (χ4v) is 11.5. The largest absolute Gasteiger partial charge is 0.472 e. The van der Waals surface area contributed by atoms with Gasteiger partial charge in [-0.05, 0) is 128 Å². The Labute approximate surface area is 617 Å². The van der Waals surface area contributed by atoms with Crippen LogP contribution in [0.15, 0.2) is 146 Å². The zero-order chi connectivity index (χ0) is 74.6. The number of carbonyl (C=O) groups excluding carboxylic acids is 4. The summed E-state index contributed by atoms with van der Waals surface area (Å²) in [5.74, 6) is -2.31. The summed E-state index contributed by atoms with van der Waals surface area (Å²) >= 11 is 0. The lowest BCUT2D eigenvalue weighted by atomic mass is 10.1. The van der Waals surface area contributed by atoms with Crippen molar-refractivity contribution in [3.63, 3.8) is 0 Å². The molecule has 0 heterocycles. The highest BCUT2D eigenvalue weighted by Gasteiger charge is 2.30. The molecule has 0 saturated carbocycles. The van der Waals surface area contributed by atoms with Crippen molar-refractivity contribution in [2.45, 2.75) is 316 Å². The predicted octanol–water partition coefficient (Wildman–Crippen LogP) is 22.7. The second-order valence-electron chi connectivity index (χ2n) is 25.5. The van der Waals surface area contributed by atoms with Gasteiger partial charge in [0.1, 0.15) is 19.3 Å². The van der Waals surface area contributed by atoms with Gasteiger partial charge in [0.05, 0.1) is 26.4 Å². The van der Waals surface area contributed by atoms with Crippen LogP contribution in [0.5, 0.6) is 0 Å². The molecular weight excluding hydrogens is 1330 g/mol. The molecule has 0 saturated heterocycles. The molecule has 102 heavy (non-hydrogen) atoms. The van der Waals surface area contributed by atoms with Gasteiger partial charge in [-0.2, -0.15) is 0 Å². The van der Waals surface area contributed by atoms with E-state index in [1.54, 1.807) is 0 Å². The SMILES string of the molecule is CC/C=C\C/C=C\C/C=C\C/C=C\C/C=C\C/C=C\CCC(=O)OCC(COP(=O)(O)OCC(O)COP(=O)(O)OCC(COC(=O)CCCCCCCC/C=C\C/C=C\C/C=C\C/C=C\CC)OC(=O)CCCCCCC/C=C\C/C=C\CCC)OC(=O)CCCCCCCCCCCCC. The van der Waals surface area contributed by atoms with E-state index in [9.17, 15) is 43.2 Å². The molecule has 0 amide bonds. The van der Waals surface area contributed by atoms with Gasteiger partial charge in [0.25, 0.3) is 0 Å². The van der Waals surface area contributed by atoms with E-state index in [-0.39, 0.29) is 25.7 Å². The number of ether oxygens (including phenoxy) is 4. The topological polar surface area (TPSA) is 237 Å². The van der Waals surface area contributed by atoms with Crippen LogP contribution >= 0.6 is 15.6 Å². The Bertz CT molecular complexity index is 2510. The van der Waals surface area contributed by atoms with Crippen molar-refractivity contribution < 1.29 is 80.2 Å². The summed E-state index contributed by atoms with van der Waals surface area (Å²) in [6, 6.07) is 0. The van der Waals surface area contributed by atoms with Crippen LogP contribution in [-0.4, -0.2) is 96.7 Å². The maximum atomic E-state index is 13.1. The van der Waals surface area contributed by atoms with E-state index in [1.807, 2.05) is 18.2 Å². The lowest BCUT2D eigenvalue weighted by molar-refractivity contribution is -0.161. The van der Waals surface area contributed by atoms with Gasteiger partial charge in [-0.25, -0.2) is 9.13 Å². The number of hydrogen-bond acceptors (Lipinski definition) is 15. The normalized spacial score (nSPS) is 14.7. The molecule has 5 unspecified atom stereocenters. The molecule has 0 rings (SSSR count). The van der Waals surface area contributed by atoms with Crippen molar-refractivity contribution in [3.8, 4) is 0 Å². The Hall–Kier alpha value is -5.06. The molecule has 0 aromatic rings. The van der Waals surface area contributed by atoms with Crippen LogP contribution in [0.2, 0.25) is 0 Å². The van der Waals surface area contributed by atoms with Crippen LogP contribution in [0.4, 0.5) is 0 Å². The number of phosphoric ester groups is 2. The van der Waals surface area contributed by atoms with Gasteiger partial charge < -0.3 is 33.8 Å². The number of carbonyl (C=O) groups is 4. The van der Waals surface area contributed by atoms with E-state index in [0.717, 1.165) is 173 Å². The minimum Gasteiger partial charge on any atom is -0.462 e. The number of allylic oxidation sites excluding steroid dienone is 24. The van der Waals surface area contributed by atoms with Crippen LogP contribution in [0.25, 0.3) is 0 Å². The molecule has 0 fully saturated rings. The maximum Gasteiger partial charge on any atom is 0.472 e. The van der Waals surface area contributed by atoms with Crippen molar-refractivity contribution in [2.24, 2.45) is 0 Å². The molecule has 3 N–H and O–H groups in total. The minimum absolute atomic E-state index is 0.0342. The molecule has 0 aliphatic rings. The fraction of sp³-hybridized carbons (Fsp3) is 0.663. The van der Waals surface area contributed by atoms with Gasteiger partial charge in [-0.1, -0.05) is 289 Å². The highest BCUT2D eigenvalue weighted by molar-refractivity contribution is 7.47. The van der Waals surface area contributed by atoms with E-state index in [1.165, 1.54) is 38.5 Å². The average molecular weight is 1470 g/mol. The van der Waals surface area contributed by atoms with Crippen LogP contribution in [-0.2, 0) is 65.4 Å². The van der Waals surface area contributed by atoms with E-state index in [2.05, 4.69) is 155 Å². The van der Waals surface area contributed by atoms with Gasteiger partial charge in [-0.15, -0.1) is 0 Å². The maximum absolute atomic E-state index is 13.1. The number of unbranched alkanes of at least 4 members (excludes halogenated alkanes) is 22. The third-order valence-electron chi connectivity index (χ3n) is 15.8. The summed E-state index contributed by atoms with van der Waals surface area (Å²) in [7, 11) is -9.98. The fourth-order valence-electron chi connectivity index (χ4n) is 9.92. The Morgan fingerprint density at radius 2 is 0.549 bits per heavy atom. The number of phosphoric acid groups is 2. The van der Waals surface area contributed by atoms with Gasteiger partial charge in [-0.3, -0.25) is 37.3 Å². The van der Waals surface area contributed by atoms with Gasteiger partial charge in [0.2, 0.25) is 0 Å². The Morgan fingerprint density at radius 3 is 0.882 bits per heavy atom. The number of esters is 4. The standard InChI is InChI=1S/C83H138O17P2/c1-5-9-13-17-21-25-29-32-34-36-38-40-42-45-48-51-55-59-63-67-80(85)93-73-78(99-82(87)69-65-61-57-53-47-28-24-20-16-12-8-4)75-97-101(89,90)95-71-77(84)72-96-102(91,92)98-76-79(100-83(88)70-66-62-58-54-50-44-31-27-23-19-15-11-7-3)74-94-81(86)68-64-60-56-52-49-46-43-41-39-37-35-33-30-26-22-18-14-10-6-2/h9-10,13-15,19,21-22,25-27,31-35,38-41,45,48,55,59,77-79,84H,5-8,11-12,16-18,20,23-24,28-30,36-37,42-44,46-47,49-54,56-58,60-76H2,1-4H3,(H,89,90)(H,91,92)/b13-9-,14-10-,19-15-,25-21-,26-22-,31-27-,34-32-,35-33-,40-38-,41-39-,48-45-,59-55-. The minimum atomic E-state index is -4.99. The molecule has 0 bridgehead atoms. The molecule has 0 aliphatic carbocycles. The predicted molar refractivity (Wildman–Crippen MR) is 417 cm³/mol. The van der Waals surface area contributed by atoms with Gasteiger partial charge in [0.15, 0.2) is 12.2 Å². The number of hydrogen-bond donors (Lipinski definition) is 3. The summed E-state index contributed by atoms with van der Waals surface area (Å²) in [6.07, 6.45) is 84.2. The average Bonchev–Trinajstić information content (AvgIpc) is 0.928.